The van der Waals surface area contributed by atoms with Crippen LogP contribution in [-0.2, 0) is 9.47 Å². The predicted molar refractivity (Wildman–Crippen MR) is 82.7 cm³/mol. The normalized spacial score (nSPS) is 19.4. The topological polar surface area (TPSA) is 98.5 Å². The summed E-state index contributed by atoms with van der Waals surface area (Å²) in [7, 11) is 1.63. The highest BCUT2D eigenvalue weighted by Crippen LogP contribution is 2.25. The number of aromatic nitrogens is 1. The Balaban J connectivity index is 1.92. The van der Waals surface area contributed by atoms with E-state index in [-0.39, 0.29) is 17.8 Å². The van der Waals surface area contributed by atoms with Gasteiger partial charge in [-0.05, 0) is 13.3 Å². The Bertz CT molecular complexity index is 474. The molecule has 2 atom stereocenters. The average Bonchev–Trinajstić information content (AvgIpc) is 3.08. The van der Waals surface area contributed by atoms with Gasteiger partial charge in [0.1, 0.15) is 10.7 Å². The lowest BCUT2D eigenvalue weighted by Gasteiger charge is -2.18. The first-order valence-electron chi connectivity index (χ1n) is 6.99. The highest BCUT2D eigenvalue weighted by atomic mass is 32.1. The van der Waals surface area contributed by atoms with Gasteiger partial charge < -0.3 is 25.8 Å². The smallest absolute Gasteiger partial charge is 0.265 e. The molecule has 0 saturated carbocycles. The van der Waals surface area contributed by atoms with Crippen LogP contribution >= 0.6 is 11.3 Å². The minimum absolute atomic E-state index is 0.0615. The van der Waals surface area contributed by atoms with Gasteiger partial charge in [-0.2, -0.15) is 0 Å². The zero-order valence-corrected chi connectivity index (χ0v) is 13.2. The summed E-state index contributed by atoms with van der Waals surface area (Å²) in [5, 5.41) is 6.68. The van der Waals surface area contributed by atoms with Crippen LogP contribution in [0.3, 0.4) is 0 Å². The third-order valence-corrected chi connectivity index (χ3v) is 4.50. The van der Waals surface area contributed by atoms with E-state index in [0.717, 1.165) is 13.0 Å². The van der Waals surface area contributed by atoms with Crippen molar-refractivity contribution in [2.75, 3.05) is 44.5 Å². The molecule has 1 aliphatic rings. The average molecular weight is 314 g/mol. The van der Waals surface area contributed by atoms with Gasteiger partial charge in [-0.25, -0.2) is 4.98 Å². The van der Waals surface area contributed by atoms with Gasteiger partial charge in [-0.3, -0.25) is 4.79 Å². The Labute approximate surface area is 128 Å². The molecule has 1 aliphatic heterocycles. The standard InChI is InChI=1S/C13H22N4O3S/c1-8(9-3-5-20-7-9)16-12(18)10-11(14)17-13(21-10)15-4-6-19-2/h8-9H,3-7,14H2,1-2H3,(H,15,17)(H,16,18). The fourth-order valence-corrected chi connectivity index (χ4v) is 2.98. The Morgan fingerprint density at radius 2 is 2.48 bits per heavy atom. The van der Waals surface area contributed by atoms with Gasteiger partial charge in [-0.1, -0.05) is 11.3 Å². The lowest BCUT2D eigenvalue weighted by molar-refractivity contribution is 0.0927. The molecule has 2 unspecified atom stereocenters. The number of thiazole rings is 1. The fourth-order valence-electron chi connectivity index (χ4n) is 2.17. The van der Waals surface area contributed by atoms with Crippen LogP contribution in [0.25, 0.3) is 0 Å². The molecule has 2 heterocycles. The Morgan fingerprint density at radius 3 is 3.14 bits per heavy atom. The van der Waals surface area contributed by atoms with Crippen molar-refractivity contribution in [1.82, 2.24) is 10.3 Å². The number of hydrogen-bond acceptors (Lipinski definition) is 7. The summed E-state index contributed by atoms with van der Waals surface area (Å²) in [6.45, 7) is 4.65. The summed E-state index contributed by atoms with van der Waals surface area (Å²) < 4.78 is 10.3. The van der Waals surface area contributed by atoms with Crippen molar-refractivity contribution in [3.8, 4) is 0 Å². The molecule has 2 rings (SSSR count). The molecule has 7 nitrogen and oxygen atoms in total. The molecule has 1 saturated heterocycles. The van der Waals surface area contributed by atoms with Crippen LogP contribution in [0.15, 0.2) is 0 Å². The van der Waals surface area contributed by atoms with Crippen molar-refractivity contribution in [1.29, 1.82) is 0 Å². The molecule has 1 aromatic rings. The molecule has 1 fully saturated rings. The summed E-state index contributed by atoms with van der Waals surface area (Å²) in [5.41, 5.74) is 5.82. The van der Waals surface area contributed by atoms with E-state index in [0.29, 0.717) is 35.7 Å². The summed E-state index contributed by atoms with van der Waals surface area (Å²) >= 11 is 1.26. The van der Waals surface area contributed by atoms with Gasteiger partial charge >= 0.3 is 0 Å². The van der Waals surface area contributed by atoms with Crippen molar-refractivity contribution in [2.45, 2.75) is 19.4 Å². The van der Waals surface area contributed by atoms with Crippen molar-refractivity contribution < 1.29 is 14.3 Å². The van der Waals surface area contributed by atoms with Gasteiger partial charge in [0.25, 0.3) is 5.91 Å². The van der Waals surface area contributed by atoms with Gasteiger partial charge in [0.15, 0.2) is 5.13 Å². The molecule has 1 amide bonds. The molecular formula is C13H22N4O3S. The third kappa shape index (κ3) is 4.29. The van der Waals surface area contributed by atoms with Crippen LogP contribution in [0.1, 0.15) is 23.0 Å². The summed E-state index contributed by atoms with van der Waals surface area (Å²) in [5.74, 6) is 0.443. The molecule has 0 radical (unpaired) electrons. The molecule has 4 N–H and O–H groups in total. The van der Waals surface area contributed by atoms with E-state index in [1.807, 2.05) is 6.92 Å². The first-order valence-corrected chi connectivity index (χ1v) is 7.81. The number of amides is 1. The van der Waals surface area contributed by atoms with Crippen molar-refractivity contribution in [3.05, 3.63) is 4.88 Å². The molecule has 0 aromatic carbocycles. The second kappa shape index (κ2) is 7.58. The van der Waals surface area contributed by atoms with Gasteiger partial charge in [0, 0.05) is 32.2 Å². The van der Waals surface area contributed by atoms with E-state index in [4.69, 9.17) is 15.2 Å². The van der Waals surface area contributed by atoms with E-state index < -0.39 is 0 Å². The number of methoxy groups -OCH3 is 1. The lowest BCUT2D eigenvalue weighted by Crippen LogP contribution is -2.38. The van der Waals surface area contributed by atoms with Crippen LogP contribution < -0.4 is 16.4 Å². The molecule has 0 aliphatic carbocycles. The Morgan fingerprint density at radius 1 is 1.67 bits per heavy atom. The first-order chi connectivity index (χ1) is 10.1. The van der Waals surface area contributed by atoms with Gasteiger partial charge in [0.05, 0.1) is 13.2 Å². The Hall–Kier alpha value is -1.38. The number of carbonyl (C=O) groups is 1. The lowest BCUT2D eigenvalue weighted by atomic mass is 10.0. The van der Waals surface area contributed by atoms with Crippen molar-refractivity contribution in [2.24, 2.45) is 5.92 Å². The number of nitrogens with one attached hydrogen (secondary N) is 2. The van der Waals surface area contributed by atoms with Crippen LogP contribution in [-0.4, -0.2) is 50.4 Å². The number of rotatable bonds is 7. The minimum atomic E-state index is -0.177. The second-order valence-electron chi connectivity index (χ2n) is 5.04. The van der Waals surface area contributed by atoms with Crippen molar-refractivity contribution in [3.63, 3.8) is 0 Å². The van der Waals surface area contributed by atoms with E-state index in [9.17, 15) is 4.79 Å². The fraction of sp³-hybridized carbons (Fsp3) is 0.692. The molecule has 21 heavy (non-hydrogen) atoms. The molecule has 0 bridgehead atoms. The number of carbonyl (C=O) groups excluding carboxylic acids is 1. The summed E-state index contributed by atoms with van der Waals surface area (Å²) in [6.07, 6.45) is 0.976. The largest absolute Gasteiger partial charge is 0.383 e. The SMILES string of the molecule is COCCNc1nc(N)c(C(=O)NC(C)C2CCOC2)s1. The quantitative estimate of drug-likeness (QED) is 0.648. The van der Waals surface area contributed by atoms with Crippen molar-refractivity contribution >= 4 is 28.2 Å². The Kier molecular flexibility index (Phi) is 5.77. The summed E-state index contributed by atoms with van der Waals surface area (Å²) in [4.78, 5) is 16.9. The molecule has 118 valence electrons. The number of nitrogens with two attached hydrogens (primary N) is 1. The van der Waals surface area contributed by atoms with Crippen LogP contribution in [0.2, 0.25) is 0 Å². The maximum absolute atomic E-state index is 12.3. The zero-order chi connectivity index (χ0) is 15.2. The van der Waals surface area contributed by atoms with E-state index in [1.54, 1.807) is 7.11 Å². The number of ether oxygens (including phenoxy) is 2. The van der Waals surface area contributed by atoms with Crippen LogP contribution in [0, 0.1) is 5.92 Å². The maximum atomic E-state index is 12.3. The molecule has 8 heteroatoms. The van der Waals surface area contributed by atoms with Gasteiger partial charge in [0.2, 0.25) is 0 Å². The highest BCUT2D eigenvalue weighted by molar-refractivity contribution is 7.18. The number of hydrogen-bond donors (Lipinski definition) is 3. The van der Waals surface area contributed by atoms with E-state index in [1.165, 1.54) is 11.3 Å². The zero-order valence-electron chi connectivity index (χ0n) is 12.3. The van der Waals surface area contributed by atoms with Crippen LogP contribution in [0.4, 0.5) is 10.9 Å². The molecule has 1 aromatic heterocycles. The third-order valence-electron chi connectivity index (χ3n) is 3.47. The number of anilines is 2. The van der Waals surface area contributed by atoms with E-state index in [2.05, 4.69) is 15.6 Å². The first kappa shape index (κ1) is 16.0. The monoisotopic (exact) mass is 314 g/mol. The predicted octanol–water partition coefficient (Wildman–Crippen LogP) is 0.938. The number of nitrogens with zero attached hydrogens (tertiary/aromatic N) is 1. The minimum Gasteiger partial charge on any atom is -0.383 e. The number of nitrogen functional groups attached to an aromatic ring is 1. The second-order valence-corrected chi connectivity index (χ2v) is 6.04. The summed E-state index contributed by atoms with van der Waals surface area (Å²) in [6, 6.07) is 0.0615. The molecule has 0 spiro atoms. The van der Waals surface area contributed by atoms with E-state index >= 15 is 0 Å². The highest BCUT2D eigenvalue weighted by Gasteiger charge is 2.25. The van der Waals surface area contributed by atoms with Crippen LogP contribution in [0.5, 0.6) is 0 Å². The molecular weight excluding hydrogens is 292 g/mol. The maximum Gasteiger partial charge on any atom is 0.265 e. The van der Waals surface area contributed by atoms with Gasteiger partial charge in [-0.15, -0.1) is 0 Å².